The fraction of sp³-hybridized carbons (Fsp3) is 0.789. The van der Waals surface area contributed by atoms with E-state index in [1.807, 2.05) is 11.3 Å². The molecule has 1 aromatic rings. The standard InChI is InChI=1S/C19H33NS/c1-16-14-19(21-17(16)2)15-20-18-12-10-8-6-4-3-5-7-9-11-13-18/h14,18,20H,3-13,15H2,1-2H3. The van der Waals surface area contributed by atoms with Crippen molar-refractivity contribution in [2.45, 2.75) is 97.1 Å². The molecular formula is C19H33NS. The van der Waals surface area contributed by atoms with Crippen molar-refractivity contribution in [2.24, 2.45) is 0 Å². The lowest BCUT2D eigenvalue weighted by Gasteiger charge is -2.19. The minimum Gasteiger partial charge on any atom is -0.309 e. The van der Waals surface area contributed by atoms with Gasteiger partial charge in [-0.1, -0.05) is 57.8 Å². The van der Waals surface area contributed by atoms with Gasteiger partial charge in [0, 0.05) is 22.3 Å². The zero-order chi connectivity index (χ0) is 14.9. The fourth-order valence-corrected chi connectivity index (χ4v) is 4.35. The molecule has 1 saturated carbocycles. The molecule has 2 heteroatoms. The Kier molecular flexibility index (Phi) is 7.81. The molecule has 0 aromatic carbocycles. The van der Waals surface area contributed by atoms with Gasteiger partial charge < -0.3 is 5.32 Å². The van der Waals surface area contributed by atoms with Crippen LogP contribution in [-0.4, -0.2) is 6.04 Å². The van der Waals surface area contributed by atoms with Gasteiger partial charge in [-0.2, -0.15) is 0 Å². The van der Waals surface area contributed by atoms with Crippen LogP contribution < -0.4 is 5.32 Å². The van der Waals surface area contributed by atoms with Gasteiger partial charge in [0.25, 0.3) is 0 Å². The third-order valence-corrected chi connectivity index (χ3v) is 6.04. The van der Waals surface area contributed by atoms with Crippen LogP contribution in [0, 0.1) is 13.8 Å². The van der Waals surface area contributed by atoms with Crippen molar-refractivity contribution in [3.05, 3.63) is 21.4 Å². The molecule has 1 aliphatic carbocycles. The molecule has 0 spiro atoms. The number of rotatable bonds is 3. The van der Waals surface area contributed by atoms with Crippen LogP contribution in [0.4, 0.5) is 0 Å². The van der Waals surface area contributed by atoms with E-state index >= 15 is 0 Å². The van der Waals surface area contributed by atoms with Crippen LogP contribution in [0.25, 0.3) is 0 Å². The Morgan fingerprint density at radius 2 is 1.43 bits per heavy atom. The predicted molar refractivity (Wildman–Crippen MR) is 95.2 cm³/mol. The molecule has 21 heavy (non-hydrogen) atoms. The summed E-state index contributed by atoms with van der Waals surface area (Å²) in [6, 6.07) is 3.11. The number of nitrogens with one attached hydrogen (secondary N) is 1. The Labute approximate surface area is 135 Å². The van der Waals surface area contributed by atoms with E-state index in [2.05, 4.69) is 25.2 Å². The van der Waals surface area contributed by atoms with Crippen LogP contribution in [0.5, 0.6) is 0 Å². The zero-order valence-corrected chi connectivity index (χ0v) is 14.9. The lowest BCUT2D eigenvalue weighted by atomic mass is 9.98. The first kappa shape index (κ1) is 17.0. The van der Waals surface area contributed by atoms with Crippen LogP contribution in [-0.2, 0) is 6.54 Å². The Morgan fingerprint density at radius 3 is 1.90 bits per heavy atom. The van der Waals surface area contributed by atoms with Gasteiger partial charge in [0.1, 0.15) is 0 Å². The van der Waals surface area contributed by atoms with Crippen molar-refractivity contribution in [3.63, 3.8) is 0 Å². The average Bonchev–Trinajstić information content (AvgIpc) is 2.77. The molecule has 0 radical (unpaired) electrons. The van der Waals surface area contributed by atoms with Crippen molar-refractivity contribution in [1.82, 2.24) is 5.32 Å². The van der Waals surface area contributed by atoms with Gasteiger partial charge in [0.2, 0.25) is 0 Å². The molecule has 1 heterocycles. The highest BCUT2D eigenvalue weighted by atomic mass is 32.1. The maximum Gasteiger partial charge on any atom is 0.0302 e. The second kappa shape index (κ2) is 9.63. The summed E-state index contributed by atoms with van der Waals surface area (Å²) in [7, 11) is 0. The van der Waals surface area contributed by atoms with Gasteiger partial charge in [-0.25, -0.2) is 0 Å². The van der Waals surface area contributed by atoms with Crippen LogP contribution in [0.2, 0.25) is 0 Å². The van der Waals surface area contributed by atoms with E-state index in [-0.39, 0.29) is 0 Å². The van der Waals surface area contributed by atoms with E-state index in [1.54, 1.807) is 0 Å². The van der Waals surface area contributed by atoms with E-state index in [9.17, 15) is 0 Å². The Bertz CT molecular complexity index is 365. The summed E-state index contributed by atoms with van der Waals surface area (Å²) in [4.78, 5) is 2.99. The SMILES string of the molecule is Cc1cc(CNC2CCCCCCCCCCC2)sc1C. The van der Waals surface area contributed by atoms with Gasteiger partial charge in [0.05, 0.1) is 0 Å². The molecule has 1 nitrogen and oxygen atoms in total. The van der Waals surface area contributed by atoms with Crippen LogP contribution in [0.3, 0.4) is 0 Å². The average molecular weight is 308 g/mol. The number of aryl methyl sites for hydroxylation is 2. The first-order chi connectivity index (χ1) is 10.3. The highest BCUT2D eigenvalue weighted by Gasteiger charge is 2.10. The molecule has 1 N–H and O–H groups in total. The summed E-state index contributed by atoms with van der Waals surface area (Å²) < 4.78 is 0. The fourth-order valence-electron chi connectivity index (χ4n) is 3.35. The number of hydrogen-bond acceptors (Lipinski definition) is 2. The zero-order valence-electron chi connectivity index (χ0n) is 14.0. The summed E-state index contributed by atoms with van der Waals surface area (Å²) in [6.45, 7) is 5.54. The molecule has 0 amide bonds. The van der Waals surface area contributed by atoms with E-state index in [0.29, 0.717) is 0 Å². The summed E-state index contributed by atoms with van der Waals surface area (Å²) in [6.07, 6.45) is 15.8. The smallest absolute Gasteiger partial charge is 0.0302 e. The van der Waals surface area contributed by atoms with Gasteiger partial charge in [-0.15, -0.1) is 11.3 Å². The quantitative estimate of drug-likeness (QED) is 0.708. The summed E-state index contributed by atoms with van der Waals surface area (Å²) in [5.41, 5.74) is 1.45. The first-order valence-electron chi connectivity index (χ1n) is 9.05. The number of hydrogen-bond donors (Lipinski definition) is 1. The van der Waals surface area contributed by atoms with E-state index in [4.69, 9.17) is 0 Å². The molecule has 2 rings (SSSR count). The Morgan fingerprint density at radius 1 is 0.905 bits per heavy atom. The Hall–Kier alpha value is -0.340. The predicted octanol–water partition coefficient (Wildman–Crippen LogP) is 6.13. The lowest BCUT2D eigenvalue weighted by molar-refractivity contribution is 0.404. The molecule has 1 aliphatic rings. The van der Waals surface area contributed by atoms with Crippen molar-refractivity contribution < 1.29 is 0 Å². The van der Waals surface area contributed by atoms with Crippen LogP contribution in [0.15, 0.2) is 6.07 Å². The molecule has 120 valence electrons. The van der Waals surface area contributed by atoms with Gasteiger partial charge in [-0.05, 0) is 38.3 Å². The Balaban J connectivity index is 1.77. The highest BCUT2D eigenvalue weighted by molar-refractivity contribution is 7.12. The minimum atomic E-state index is 0.743. The topological polar surface area (TPSA) is 12.0 Å². The normalized spacial score (nSPS) is 19.9. The summed E-state index contributed by atoms with van der Waals surface area (Å²) in [5, 5.41) is 3.84. The first-order valence-corrected chi connectivity index (χ1v) is 9.86. The summed E-state index contributed by atoms with van der Waals surface area (Å²) in [5.74, 6) is 0. The maximum atomic E-state index is 3.84. The third kappa shape index (κ3) is 6.52. The van der Waals surface area contributed by atoms with Crippen molar-refractivity contribution in [3.8, 4) is 0 Å². The molecule has 0 bridgehead atoms. The molecule has 0 atom stereocenters. The molecular weight excluding hydrogens is 274 g/mol. The van der Waals surface area contributed by atoms with Crippen molar-refractivity contribution in [1.29, 1.82) is 0 Å². The monoisotopic (exact) mass is 307 g/mol. The van der Waals surface area contributed by atoms with Crippen molar-refractivity contribution in [2.75, 3.05) is 0 Å². The second-order valence-electron chi connectivity index (χ2n) is 6.79. The number of thiophene rings is 1. The third-order valence-electron chi connectivity index (χ3n) is 4.89. The lowest BCUT2D eigenvalue weighted by Crippen LogP contribution is -2.28. The van der Waals surface area contributed by atoms with E-state index < -0.39 is 0 Å². The van der Waals surface area contributed by atoms with Crippen molar-refractivity contribution >= 4 is 11.3 Å². The largest absolute Gasteiger partial charge is 0.309 e. The van der Waals surface area contributed by atoms with Gasteiger partial charge in [0.15, 0.2) is 0 Å². The van der Waals surface area contributed by atoms with E-state index in [1.165, 1.54) is 85.9 Å². The molecule has 0 aliphatic heterocycles. The molecule has 1 fully saturated rings. The molecule has 0 saturated heterocycles. The van der Waals surface area contributed by atoms with Gasteiger partial charge >= 0.3 is 0 Å². The summed E-state index contributed by atoms with van der Waals surface area (Å²) >= 11 is 1.96. The molecule has 0 unspecified atom stereocenters. The molecule has 1 aromatic heterocycles. The van der Waals surface area contributed by atoms with Gasteiger partial charge in [-0.3, -0.25) is 0 Å². The van der Waals surface area contributed by atoms with Crippen LogP contribution in [0.1, 0.15) is 85.9 Å². The maximum absolute atomic E-state index is 3.84. The van der Waals surface area contributed by atoms with Crippen LogP contribution >= 0.6 is 11.3 Å². The highest BCUT2D eigenvalue weighted by Crippen LogP contribution is 2.21. The minimum absolute atomic E-state index is 0.743. The second-order valence-corrected chi connectivity index (χ2v) is 8.13. The van der Waals surface area contributed by atoms with E-state index in [0.717, 1.165) is 12.6 Å².